The Labute approximate surface area is 174 Å². The fourth-order valence-electron chi connectivity index (χ4n) is 3.19. The maximum Gasteiger partial charge on any atom is 0.263 e. The van der Waals surface area contributed by atoms with Crippen molar-refractivity contribution in [3.63, 3.8) is 0 Å². The van der Waals surface area contributed by atoms with Crippen molar-refractivity contribution in [2.24, 2.45) is 0 Å². The van der Waals surface area contributed by atoms with Gasteiger partial charge in [0.15, 0.2) is 0 Å². The molecule has 0 bridgehead atoms. The summed E-state index contributed by atoms with van der Waals surface area (Å²) in [6, 6.07) is 15.6. The minimum absolute atomic E-state index is 0.0196. The molecule has 2 aromatic heterocycles. The minimum Gasteiger partial charge on any atom is -0.294 e. The van der Waals surface area contributed by atoms with Crippen molar-refractivity contribution in [3.8, 4) is 11.1 Å². The standard InChI is InChI=1S/C21H16BrClN2OS/c1-2-17-18(14-6-8-15(22)9-7-14)19-20(27-17)24-12-25(21(19)26)11-13-4-3-5-16(23)10-13/h3-10,12H,2,11H2,1H3. The molecule has 0 unspecified atom stereocenters. The van der Waals surface area contributed by atoms with Crippen LogP contribution < -0.4 is 5.56 Å². The molecule has 2 heterocycles. The minimum atomic E-state index is -0.0196. The third kappa shape index (κ3) is 3.59. The molecule has 0 saturated carbocycles. The molecule has 0 N–H and O–H groups in total. The average molecular weight is 460 g/mol. The summed E-state index contributed by atoms with van der Waals surface area (Å²) in [6.45, 7) is 2.55. The predicted octanol–water partition coefficient (Wildman–Crippen LogP) is 6.15. The first kappa shape index (κ1) is 18.4. The van der Waals surface area contributed by atoms with Gasteiger partial charge < -0.3 is 0 Å². The first-order chi connectivity index (χ1) is 13.1. The summed E-state index contributed by atoms with van der Waals surface area (Å²) in [5, 5.41) is 1.36. The zero-order chi connectivity index (χ0) is 19.0. The van der Waals surface area contributed by atoms with E-state index in [0.29, 0.717) is 17.0 Å². The number of nitrogens with zero attached hydrogens (tertiary/aromatic N) is 2. The molecule has 3 nitrogen and oxygen atoms in total. The van der Waals surface area contributed by atoms with Gasteiger partial charge in [0.1, 0.15) is 4.83 Å². The third-order valence-corrected chi connectivity index (χ3v) is 6.45. The number of rotatable bonds is 4. The normalized spacial score (nSPS) is 11.2. The molecule has 0 amide bonds. The number of hydrogen-bond acceptors (Lipinski definition) is 3. The highest BCUT2D eigenvalue weighted by Crippen LogP contribution is 2.36. The van der Waals surface area contributed by atoms with Crippen LogP contribution in [0.4, 0.5) is 0 Å². The van der Waals surface area contributed by atoms with Crippen LogP contribution in [0, 0.1) is 0 Å². The van der Waals surface area contributed by atoms with E-state index in [0.717, 1.165) is 32.4 Å². The average Bonchev–Trinajstić information content (AvgIpc) is 3.04. The molecule has 0 radical (unpaired) electrons. The number of benzene rings is 2. The van der Waals surface area contributed by atoms with Gasteiger partial charge in [-0.1, -0.05) is 58.7 Å². The number of thiophene rings is 1. The van der Waals surface area contributed by atoms with E-state index in [4.69, 9.17) is 11.6 Å². The first-order valence-corrected chi connectivity index (χ1v) is 10.6. The van der Waals surface area contributed by atoms with Crippen LogP contribution in [-0.4, -0.2) is 9.55 Å². The lowest BCUT2D eigenvalue weighted by Crippen LogP contribution is -2.21. The summed E-state index contributed by atoms with van der Waals surface area (Å²) in [5.74, 6) is 0. The Bertz CT molecular complexity index is 1180. The summed E-state index contributed by atoms with van der Waals surface area (Å²) in [4.78, 5) is 19.8. The van der Waals surface area contributed by atoms with Crippen LogP contribution in [0.2, 0.25) is 5.02 Å². The molecule has 136 valence electrons. The van der Waals surface area contributed by atoms with E-state index in [9.17, 15) is 4.79 Å². The van der Waals surface area contributed by atoms with Crippen molar-refractivity contribution < 1.29 is 0 Å². The van der Waals surface area contributed by atoms with Crippen LogP contribution in [0.1, 0.15) is 17.4 Å². The molecule has 6 heteroatoms. The van der Waals surface area contributed by atoms with Gasteiger partial charge >= 0.3 is 0 Å². The van der Waals surface area contributed by atoms with E-state index in [2.05, 4.69) is 27.8 Å². The Balaban J connectivity index is 1.90. The van der Waals surface area contributed by atoms with Crippen LogP contribution in [-0.2, 0) is 13.0 Å². The molecule has 0 spiro atoms. The molecular formula is C21H16BrClN2OS. The smallest absolute Gasteiger partial charge is 0.263 e. The number of halogens is 2. The molecule has 4 aromatic rings. The lowest BCUT2D eigenvalue weighted by atomic mass is 10.0. The van der Waals surface area contributed by atoms with Crippen LogP contribution in [0.25, 0.3) is 21.3 Å². The van der Waals surface area contributed by atoms with Crippen molar-refractivity contribution in [2.45, 2.75) is 19.9 Å². The Morgan fingerprint density at radius 2 is 1.96 bits per heavy atom. The van der Waals surface area contributed by atoms with Crippen molar-refractivity contribution in [2.75, 3.05) is 0 Å². The Morgan fingerprint density at radius 1 is 1.19 bits per heavy atom. The molecule has 0 fully saturated rings. The maximum atomic E-state index is 13.3. The van der Waals surface area contributed by atoms with E-state index in [-0.39, 0.29) is 5.56 Å². The Morgan fingerprint density at radius 3 is 2.67 bits per heavy atom. The van der Waals surface area contributed by atoms with Crippen molar-refractivity contribution in [1.29, 1.82) is 0 Å². The highest BCUT2D eigenvalue weighted by atomic mass is 79.9. The highest BCUT2D eigenvalue weighted by Gasteiger charge is 2.18. The lowest BCUT2D eigenvalue weighted by Gasteiger charge is -2.08. The van der Waals surface area contributed by atoms with E-state index < -0.39 is 0 Å². The second kappa shape index (κ2) is 7.58. The zero-order valence-electron chi connectivity index (χ0n) is 14.6. The third-order valence-electron chi connectivity index (χ3n) is 4.45. The van der Waals surface area contributed by atoms with Crippen LogP contribution in [0.5, 0.6) is 0 Å². The largest absolute Gasteiger partial charge is 0.294 e. The first-order valence-electron chi connectivity index (χ1n) is 8.58. The van der Waals surface area contributed by atoms with Crippen LogP contribution >= 0.6 is 38.9 Å². The predicted molar refractivity (Wildman–Crippen MR) is 117 cm³/mol. The monoisotopic (exact) mass is 458 g/mol. The van der Waals surface area contributed by atoms with Gasteiger partial charge in [0.05, 0.1) is 18.3 Å². The van der Waals surface area contributed by atoms with Gasteiger partial charge in [-0.15, -0.1) is 11.3 Å². The SMILES string of the molecule is CCc1sc2ncn(Cc3cccc(Cl)c3)c(=O)c2c1-c1ccc(Br)cc1. The van der Waals surface area contributed by atoms with Crippen molar-refractivity contribution >= 4 is 49.1 Å². The van der Waals surface area contributed by atoms with E-state index in [1.807, 2.05) is 48.5 Å². The molecule has 0 aliphatic rings. The lowest BCUT2D eigenvalue weighted by molar-refractivity contribution is 0.749. The fourth-order valence-corrected chi connectivity index (χ4v) is 4.76. The number of fused-ring (bicyclic) bond motifs is 1. The summed E-state index contributed by atoms with van der Waals surface area (Å²) in [7, 11) is 0. The van der Waals surface area contributed by atoms with Gasteiger partial charge in [-0.3, -0.25) is 9.36 Å². The van der Waals surface area contributed by atoms with Gasteiger partial charge in [0, 0.05) is 19.9 Å². The molecular weight excluding hydrogens is 444 g/mol. The second-order valence-electron chi connectivity index (χ2n) is 6.25. The van der Waals surface area contributed by atoms with Crippen LogP contribution in [0.3, 0.4) is 0 Å². The van der Waals surface area contributed by atoms with Gasteiger partial charge in [0.25, 0.3) is 5.56 Å². The van der Waals surface area contributed by atoms with E-state index >= 15 is 0 Å². The van der Waals surface area contributed by atoms with Gasteiger partial charge in [-0.25, -0.2) is 4.98 Å². The van der Waals surface area contributed by atoms with E-state index in [1.54, 1.807) is 22.2 Å². The molecule has 0 atom stereocenters. The fraction of sp³-hybridized carbons (Fsp3) is 0.143. The van der Waals surface area contributed by atoms with Crippen LogP contribution in [0.15, 0.2) is 64.1 Å². The quantitative estimate of drug-likeness (QED) is 0.367. The van der Waals surface area contributed by atoms with Gasteiger partial charge in [0.2, 0.25) is 0 Å². The molecule has 2 aromatic carbocycles. The summed E-state index contributed by atoms with van der Waals surface area (Å²) in [5.41, 5.74) is 3.00. The summed E-state index contributed by atoms with van der Waals surface area (Å²) >= 11 is 11.2. The molecule has 27 heavy (non-hydrogen) atoms. The Kier molecular flexibility index (Phi) is 5.17. The molecule has 4 rings (SSSR count). The zero-order valence-corrected chi connectivity index (χ0v) is 17.7. The number of hydrogen-bond donors (Lipinski definition) is 0. The van der Waals surface area contributed by atoms with Gasteiger partial charge in [-0.05, 0) is 41.8 Å². The highest BCUT2D eigenvalue weighted by molar-refractivity contribution is 9.10. The topological polar surface area (TPSA) is 34.9 Å². The molecule has 0 aliphatic heterocycles. The van der Waals surface area contributed by atoms with Crippen molar-refractivity contribution in [1.82, 2.24) is 9.55 Å². The van der Waals surface area contributed by atoms with E-state index in [1.165, 1.54) is 4.88 Å². The second-order valence-corrected chi connectivity index (χ2v) is 8.68. The number of aromatic nitrogens is 2. The molecule has 0 aliphatic carbocycles. The van der Waals surface area contributed by atoms with Crippen molar-refractivity contribution in [3.05, 3.63) is 85.1 Å². The molecule has 0 saturated heterocycles. The summed E-state index contributed by atoms with van der Waals surface area (Å²) < 4.78 is 2.67. The number of aryl methyl sites for hydroxylation is 1. The van der Waals surface area contributed by atoms with Gasteiger partial charge in [-0.2, -0.15) is 0 Å². The Hall–Kier alpha value is -1.95. The summed E-state index contributed by atoms with van der Waals surface area (Å²) in [6.07, 6.45) is 2.49. The maximum absolute atomic E-state index is 13.3.